The van der Waals surface area contributed by atoms with E-state index in [1.165, 1.54) is 13.0 Å². The Bertz CT molecular complexity index is 1020. The number of aliphatic hydroxyl groups excluding tert-OH is 1. The predicted octanol–water partition coefficient (Wildman–Crippen LogP) is 4.42. The van der Waals surface area contributed by atoms with Gasteiger partial charge in [0.1, 0.15) is 18.5 Å². The van der Waals surface area contributed by atoms with Crippen molar-refractivity contribution in [3.63, 3.8) is 0 Å². The molecule has 0 aliphatic carbocycles. The van der Waals surface area contributed by atoms with E-state index in [0.717, 1.165) is 5.56 Å². The Morgan fingerprint density at radius 3 is 2.29 bits per heavy atom. The first-order valence-electron chi connectivity index (χ1n) is 11.2. The summed E-state index contributed by atoms with van der Waals surface area (Å²) in [6, 6.07) is 13.6. The molecule has 9 heteroatoms. The van der Waals surface area contributed by atoms with Crippen molar-refractivity contribution in [1.82, 2.24) is 5.48 Å². The van der Waals surface area contributed by atoms with Gasteiger partial charge in [-0.25, -0.2) is 10.3 Å². The number of ether oxygens (including phenoxy) is 2. The molecule has 4 N–H and O–H groups in total. The molecular weight excluding hydrogens is 452 g/mol. The van der Waals surface area contributed by atoms with Gasteiger partial charge in [0.25, 0.3) is 5.91 Å². The summed E-state index contributed by atoms with van der Waals surface area (Å²) in [6.07, 6.45) is 2.63. The third-order valence-corrected chi connectivity index (χ3v) is 5.35. The number of allylic oxidation sites excluding steroid dienone is 1. The fourth-order valence-electron chi connectivity index (χ4n) is 3.44. The van der Waals surface area contributed by atoms with E-state index in [1.807, 2.05) is 13.8 Å². The minimum absolute atomic E-state index is 0.0714. The summed E-state index contributed by atoms with van der Waals surface area (Å²) in [5, 5.41) is 20.2. The molecule has 2 aromatic rings. The molecular formula is C26H32N2O7. The second-order valence-electron chi connectivity index (χ2n) is 8.59. The van der Waals surface area contributed by atoms with Gasteiger partial charge in [-0.05, 0) is 61.7 Å². The van der Waals surface area contributed by atoms with Crippen LogP contribution < -0.4 is 15.5 Å². The molecule has 2 aromatic carbocycles. The van der Waals surface area contributed by atoms with E-state index < -0.39 is 23.5 Å². The van der Waals surface area contributed by atoms with Gasteiger partial charge < -0.3 is 14.6 Å². The van der Waals surface area contributed by atoms with Crippen molar-refractivity contribution in [1.29, 1.82) is 0 Å². The van der Waals surface area contributed by atoms with Crippen LogP contribution in [-0.2, 0) is 9.53 Å². The number of anilines is 1. The lowest BCUT2D eigenvalue weighted by Gasteiger charge is -2.34. The van der Waals surface area contributed by atoms with Crippen LogP contribution in [0.15, 0.2) is 60.7 Å². The normalized spacial score (nSPS) is 12.1. The average molecular weight is 485 g/mol. The summed E-state index contributed by atoms with van der Waals surface area (Å²) < 4.78 is 11.3. The Hall–Kier alpha value is -3.69. The highest BCUT2D eigenvalue weighted by Gasteiger charge is 2.34. The fourth-order valence-corrected chi connectivity index (χ4v) is 3.44. The van der Waals surface area contributed by atoms with Crippen molar-refractivity contribution < 1.29 is 34.2 Å². The van der Waals surface area contributed by atoms with Gasteiger partial charge in [0.2, 0.25) is 0 Å². The maximum absolute atomic E-state index is 12.8. The molecule has 0 fully saturated rings. The number of aliphatic hydroxyl groups is 1. The van der Waals surface area contributed by atoms with Crippen molar-refractivity contribution in [2.24, 2.45) is 5.41 Å². The lowest BCUT2D eigenvalue weighted by atomic mass is 9.78. The maximum atomic E-state index is 12.8. The van der Waals surface area contributed by atoms with E-state index in [4.69, 9.17) is 19.8 Å². The van der Waals surface area contributed by atoms with Gasteiger partial charge in [0, 0.05) is 22.7 Å². The van der Waals surface area contributed by atoms with Crippen LogP contribution in [0, 0.1) is 5.41 Å². The molecule has 0 aromatic heterocycles. The molecule has 0 spiro atoms. The standard InChI is InChI=1S/C26H32N2O7/c1-18(30)19-7-11-21(12-8-19)27-25(32)35-24(20-9-13-22(14-10-20)34-17-16-29)26(2,3)15-5-4-6-23(31)28-33/h4,6-14,24,29,33H,5,15-17H2,1-3H3,(H,27,32)(H,28,31)/b6-4+/t24-/m0/s1. The maximum Gasteiger partial charge on any atom is 0.412 e. The molecule has 2 amide bonds. The number of nitrogens with one attached hydrogen (secondary N) is 2. The molecule has 9 nitrogen and oxygen atoms in total. The van der Waals surface area contributed by atoms with Crippen LogP contribution in [0.3, 0.4) is 0 Å². The van der Waals surface area contributed by atoms with Crippen LogP contribution in [0.25, 0.3) is 0 Å². The van der Waals surface area contributed by atoms with Gasteiger partial charge in [-0.15, -0.1) is 0 Å². The quantitative estimate of drug-likeness (QED) is 0.152. The third-order valence-electron chi connectivity index (χ3n) is 5.35. The van der Waals surface area contributed by atoms with E-state index in [2.05, 4.69) is 5.32 Å². The molecule has 0 saturated heterocycles. The number of benzene rings is 2. The number of amides is 2. The van der Waals surface area contributed by atoms with Crippen LogP contribution in [0.1, 0.15) is 55.6 Å². The molecule has 0 unspecified atom stereocenters. The third kappa shape index (κ3) is 8.88. The van der Waals surface area contributed by atoms with Crippen LogP contribution >= 0.6 is 0 Å². The number of rotatable bonds is 12. The first-order chi connectivity index (χ1) is 16.7. The van der Waals surface area contributed by atoms with Gasteiger partial charge >= 0.3 is 6.09 Å². The number of ketones is 1. The van der Waals surface area contributed by atoms with E-state index in [-0.39, 0.29) is 19.0 Å². The molecule has 188 valence electrons. The highest BCUT2D eigenvalue weighted by Crippen LogP contribution is 2.41. The summed E-state index contributed by atoms with van der Waals surface area (Å²) >= 11 is 0. The molecule has 0 saturated carbocycles. The molecule has 0 heterocycles. The van der Waals surface area contributed by atoms with E-state index >= 15 is 0 Å². The second-order valence-corrected chi connectivity index (χ2v) is 8.59. The number of carbonyl (C=O) groups excluding carboxylic acids is 3. The summed E-state index contributed by atoms with van der Waals surface area (Å²) in [6.45, 7) is 5.43. The minimum Gasteiger partial charge on any atom is -0.491 e. The first-order valence-corrected chi connectivity index (χ1v) is 11.2. The molecule has 0 bridgehead atoms. The topological polar surface area (TPSA) is 134 Å². The zero-order valence-electron chi connectivity index (χ0n) is 20.1. The molecule has 2 rings (SSSR count). The smallest absolute Gasteiger partial charge is 0.412 e. The van der Waals surface area contributed by atoms with E-state index in [1.54, 1.807) is 60.1 Å². The van der Waals surface area contributed by atoms with Crippen LogP contribution in [0.5, 0.6) is 5.75 Å². The summed E-state index contributed by atoms with van der Waals surface area (Å²) in [5.74, 6) is -0.116. The number of hydroxylamine groups is 1. The minimum atomic E-state index is -0.658. The number of carbonyl (C=O) groups is 3. The molecule has 1 atom stereocenters. The SMILES string of the molecule is CC(=O)c1ccc(NC(=O)O[C@@H](c2ccc(OCCO)cc2)C(C)(C)CC/C=C/C(=O)NO)cc1. The molecule has 35 heavy (non-hydrogen) atoms. The number of Topliss-reactive ketones (excluding diaryl/α,β-unsaturated/α-hetero) is 1. The summed E-state index contributed by atoms with van der Waals surface area (Å²) in [4.78, 5) is 35.4. The van der Waals surface area contributed by atoms with Gasteiger partial charge in [-0.3, -0.25) is 20.1 Å². The van der Waals surface area contributed by atoms with Crippen molar-refractivity contribution in [2.45, 2.75) is 39.7 Å². The monoisotopic (exact) mass is 484 g/mol. The molecule has 0 aliphatic rings. The van der Waals surface area contributed by atoms with E-state index in [9.17, 15) is 14.4 Å². The van der Waals surface area contributed by atoms with Crippen LogP contribution in [0.4, 0.5) is 10.5 Å². The van der Waals surface area contributed by atoms with Gasteiger partial charge in [-0.2, -0.15) is 0 Å². The Balaban J connectivity index is 2.19. The number of hydrogen-bond acceptors (Lipinski definition) is 7. The van der Waals surface area contributed by atoms with Crippen molar-refractivity contribution >= 4 is 23.5 Å². The lowest BCUT2D eigenvalue weighted by Crippen LogP contribution is -2.29. The van der Waals surface area contributed by atoms with E-state index in [0.29, 0.717) is 29.8 Å². The van der Waals surface area contributed by atoms with Crippen molar-refractivity contribution in [3.05, 3.63) is 71.8 Å². The average Bonchev–Trinajstić information content (AvgIpc) is 2.84. The Morgan fingerprint density at radius 2 is 1.71 bits per heavy atom. The molecule has 0 aliphatic heterocycles. The summed E-state index contributed by atoms with van der Waals surface area (Å²) in [5.41, 5.74) is 2.77. The van der Waals surface area contributed by atoms with Crippen molar-refractivity contribution in [2.75, 3.05) is 18.5 Å². The van der Waals surface area contributed by atoms with Crippen LogP contribution in [0.2, 0.25) is 0 Å². The molecule has 0 radical (unpaired) electrons. The Morgan fingerprint density at radius 1 is 1.06 bits per heavy atom. The lowest BCUT2D eigenvalue weighted by molar-refractivity contribution is -0.124. The second kappa shape index (κ2) is 13.3. The van der Waals surface area contributed by atoms with Gasteiger partial charge in [-0.1, -0.05) is 32.1 Å². The fraction of sp³-hybridized carbons (Fsp3) is 0.346. The predicted molar refractivity (Wildman–Crippen MR) is 130 cm³/mol. The Kier molecular flexibility index (Phi) is 10.4. The zero-order valence-corrected chi connectivity index (χ0v) is 20.1. The zero-order chi connectivity index (χ0) is 25.8. The van der Waals surface area contributed by atoms with Crippen LogP contribution in [-0.4, -0.2) is 41.3 Å². The Labute approximate surface area is 204 Å². The largest absolute Gasteiger partial charge is 0.491 e. The summed E-state index contributed by atoms with van der Waals surface area (Å²) in [7, 11) is 0. The highest BCUT2D eigenvalue weighted by atomic mass is 16.6. The first kappa shape index (κ1) is 27.6. The number of hydrogen-bond donors (Lipinski definition) is 4. The van der Waals surface area contributed by atoms with Crippen molar-refractivity contribution in [3.8, 4) is 5.75 Å². The highest BCUT2D eigenvalue weighted by molar-refractivity contribution is 5.95. The van der Waals surface area contributed by atoms with Gasteiger partial charge in [0.05, 0.1) is 6.61 Å². The van der Waals surface area contributed by atoms with Gasteiger partial charge in [0.15, 0.2) is 5.78 Å².